The first-order chi connectivity index (χ1) is 13.3. The lowest BCUT2D eigenvalue weighted by molar-refractivity contribution is 0.308. The van der Waals surface area contributed by atoms with Crippen LogP contribution in [0.25, 0.3) is 22.2 Å². The fourth-order valence-electron chi connectivity index (χ4n) is 3.64. The number of nitriles is 1. The summed E-state index contributed by atoms with van der Waals surface area (Å²) in [5, 5.41) is 12.5. The van der Waals surface area contributed by atoms with Gasteiger partial charge in [0.1, 0.15) is 0 Å². The van der Waals surface area contributed by atoms with E-state index in [0.717, 1.165) is 48.2 Å². The Bertz CT molecular complexity index is 962. The molecule has 0 amide bonds. The third-order valence-corrected chi connectivity index (χ3v) is 5.10. The van der Waals surface area contributed by atoms with Crippen LogP contribution in [0.5, 0.6) is 5.88 Å². The summed E-state index contributed by atoms with van der Waals surface area (Å²) < 4.78 is 8.26. The van der Waals surface area contributed by atoms with Gasteiger partial charge in [0.15, 0.2) is 0 Å². The first-order valence-corrected chi connectivity index (χ1v) is 9.62. The Morgan fingerprint density at radius 3 is 2.85 bits per heavy atom. The number of hydrogen-bond donors (Lipinski definition) is 1. The summed E-state index contributed by atoms with van der Waals surface area (Å²) in [5.41, 5.74) is 4.74. The molecule has 4 rings (SSSR count). The van der Waals surface area contributed by atoms with Gasteiger partial charge in [-0.25, -0.2) is 4.98 Å². The van der Waals surface area contributed by atoms with Gasteiger partial charge in [0.05, 0.1) is 29.3 Å². The molecule has 1 fully saturated rings. The molecule has 1 aliphatic heterocycles. The second-order valence-electron chi connectivity index (χ2n) is 7.11. The van der Waals surface area contributed by atoms with E-state index in [9.17, 15) is 0 Å². The van der Waals surface area contributed by atoms with E-state index in [2.05, 4.69) is 41.2 Å². The summed E-state index contributed by atoms with van der Waals surface area (Å²) in [6.45, 7) is 5.91. The molecule has 3 heterocycles. The van der Waals surface area contributed by atoms with Gasteiger partial charge in [-0.2, -0.15) is 5.26 Å². The topological polar surface area (TPSA) is 62.9 Å². The molecule has 27 heavy (non-hydrogen) atoms. The van der Waals surface area contributed by atoms with Crippen LogP contribution >= 0.6 is 0 Å². The Morgan fingerprint density at radius 2 is 2.15 bits per heavy atom. The molecule has 1 aromatic carbocycles. The van der Waals surface area contributed by atoms with E-state index in [1.807, 2.05) is 24.3 Å². The number of aromatic nitrogens is 2. The van der Waals surface area contributed by atoms with Gasteiger partial charge in [-0.3, -0.25) is 0 Å². The van der Waals surface area contributed by atoms with E-state index in [1.165, 1.54) is 6.42 Å². The molecular weight excluding hydrogens is 336 g/mol. The molecule has 1 aliphatic rings. The van der Waals surface area contributed by atoms with E-state index < -0.39 is 0 Å². The van der Waals surface area contributed by atoms with Gasteiger partial charge in [0.2, 0.25) is 5.88 Å². The van der Waals surface area contributed by atoms with Gasteiger partial charge in [-0.1, -0.05) is 19.1 Å². The van der Waals surface area contributed by atoms with E-state index in [0.29, 0.717) is 24.0 Å². The number of nitrogens with one attached hydrogen (secondary N) is 1. The molecule has 0 spiro atoms. The SMILES string of the molecule is CCCOc1nc2ccn(CC3CCNC3)c2cc1-c1ccc(C#N)cc1. The van der Waals surface area contributed by atoms with E-state index >= 15 is 0 Å². The van der Waals surface area contributed by atoms with Crippen molar-refractivity contribution >= 4 is 11.0 Å². The van der Waals surface area contributed by atoms with Crippen molar-refractivity contribution in [2.75, 3.05) is 19.7 Å². The van der Waals surface area contributed by atoms with Gasteiger partial charge in [0, 0.05) is 18.3 Å². The van der Waals surface area contributed by atoms with Crippen molar-refractivity contribution in [1.82, 2.24) is 14.9 Å². The summed E-state index contributed by atoms with van der Waals surface area (Å²) in [7, 11) is 0. The second kappa shape index (κ2) is 7.81. The van der Waals surface area contributed by atoms with E-state index in [-0.39, 0.29) is 0 Å². The van der Waals surface area contributed by atoms with Crippen LogP contribution in [-0.4, -0.2) is 29.2 Å². The maximum Gasteiger partial charge on any atom is 0.222 e. The van der Waals surface area contributed by atoms with Crippen LogP contribution in [0.2, 0.25) is 0 Å². The van der Waals surface area contributed by atoms with Crippen LogP contribution < -0.4 is 10.1 Å². The normalized spacial score (nSPS) is 16.5. The van der Waals surface area contributed by atoms with Crippen LogP contribution in [0.3, 0.4) is 0 Å². The molecule has 1 atom stereocenters. The van der Waals surface area contributed by atoms with Crippen molar-refractivity contribution in [2.45, 2.75) is 26.3 Å². The molecule has 138 valence electrons. The lowest BCUT2D eigenvalue weighted by atomic mass is 10.0. The molecule has 0 bridgehead atoms. The average Bonchev–Trinajstić information content (AvgIpc) is 3.36. The number of pyridine rings is 1. The second-order valence-corrected chi connectivity index (χ2v) is 7.11. The number of fused-ring (bicyclic) bond motifs is 1. The summed E-state index contributed by atoms with van der Waals surface area (Å²) in [6, 6.07) is 14.0. The van der Waals surface area contributed by atoms with Gasteiger partial charge < -0.3 is 14.6 Å². The number of hydrogen-bond acceptors (Lipinski definition) is 4. The van der Waals surface area contributed by atoms with Crippen molar-refractivity contribution in [1.29, 1.82) is 5.26 Å². The van der Waals surface area contributed by atoms with Gasteiger partial charge in [-0.05, 0) is 61.7 Å². The first-order valence-electron chi connectivity index (χ1n) is 9.62. The molecule has 2 aromatic heterocycles. The molecule has 0 radical (unpaired) electrons. The smallest absolute Gasteiger partial charge is 0.222 e. The van der Waals surface area contributed by atoms with E-state index in [4.69, 9.17) is 15.0 Å². The van der Waals surface area contributed by atoms with Crippen LogP contribution in [0, 0.1) is 17.2 Å². The summed E-state index contributed by atoms with van der Waals surface area (Å²) in [6.07, 6.45) is 4.28. The summed E-state index contributed by atoms with van der Waals surface area (Å²) >= 11 is 0. The zero-order valence-electron chi connectivity index (χ0n) is 15.6. The van der Waals surface area contributed by atoms with E-state index in [1.54, 1.807) is 0 Å². The molecule has 5 nitrogen and oxygen atoms in total. The Morgan fingerprint density at radius 1 is 1.30 bits per heavy atom. The zero-order chi connectivity index (χ0) is 18.6. The third-order valence-electron chi connectivity index (χ3n) is 5.10. The molecule has 1 N–H and O–H groups in total. The summed E-state index contributed by atoms with van der Waals surface area (Å²) in [5.74, 6) is 1.32. The number of rotatable bonds is 6. The predicted molar refractivity (Wildman–Crippen MR) is 107 cm³/mol. The molecular formula is C22H24N4O. The molecule has 0 saturated carbocycles. The zero-order valence-corrected chi connectivity index (χ0v) is 15.6. The minimum absolute atomic E-state index is 0.635. The quantitative estimate of drug-likeness (QED) is 0.722. The predicted octanol–water partition coefficient (Wildman–Crippen LogP) is 3.97. The minimum atomic E-state index is 0.635. The lowest BCUT2D eigenvalue weighted by Gasteiger charge is -2.14. The van der Waals surface area contributed by atoms with Crippen molar-refractivity contribution in [2.24, 2.45) is 5.92 Å². The van der Waals surface area contributed by atoms with Gasteiger partial charge >= 0.3 is 0 Å². The van der Waals surface area contributed by atoms with Crippen molar-refractivity contribution < 1.29 is 4.74 Å². The summed E-state index contributed by atoms with van der Waals surface area (Å²) in [4.78, 5) is 4.80. The average molecular weight is 360 g/mol. The van der Waals surface area contributed by atoms with Crippen molar-refractivity contribution in [3.05, 3.63) is 48.2 Å². The number of nitrogens with zero attached hydrogens (tertiary/aromatic N) is 3. The molecule has 3 aromatic rings. The fourth-order valence-corrected chi connectivity index (χ4v) is 3.64. The minimum Gasteiger partial charge on any atom is -0.477 e. The Labute approximate surface area is 159 Å². The van der Waals surface area contributed by atoms with Crippen LogP contribution in [0.1, 0.15) is 25.3 Å². The molecule has 1 saturated heterocycles. The van der Waals surface area contributed by atoms with Crippen LogP contribution in [-0.2, 0) is 6.54 Å². The first kappa shape index (κ1) is 17.6. The third kappa shape index (κ3) is 3.67. The van der Waals surface area contributed by atoms with Crippen molar-refractivity contribution in [3.63, 3.8) is 0 Å². The number of ether oxygens (including phenoxy) is 1. The van der Waals surface area contributed by atoms with Crippen LogP contribution in [0.15, 0.2) is 42.6 Å². The Hall–Kier alpha value is -2.84. The highest BCUT2D eigenvalue weighted by atomic mass is 16.5. The largest absolute Gasteiger partial charge is 0.477 e. The highest BCUT2D eigenvalue weighted by Crippen LogP contribution is 2.33. The highest BCUT2D eigenvalue weighted by molar-refractivity contribution is 5.84. The molecule has 5 heteroatoms. The highest BCUT2D eigenvalue weighted by Gasteiger charge is 2.18. The molecule has 1 unspecified atom stereocenters. The Balaban J connectivity index is 1.76. The standard InChI is InChI=1S/C22H24N4O/c1-2-11-27-22-19(18-5-3-16(13-23)4-6-18)12-21-20(25-22)8-10-26(21)15-17-7-9-24-14-17/h3-6,8,10,12,17,24H,2,7,9,11,14-15H2,1H3. The van der Waals surface area contributed by atoms with Gasteiger partial charge in [0.25, 0.3) is 0 Å². The maximum absolute atomic E-state index is 9.06. The number of benzene rings is 1. The van der Waals surface area contributed by atoms with Crippen molar-refractivity contribution in [3.8, 4) is 23.1 Å². The maximum atomic E-state index is 9.06. The van der Waals surface area contributed by atoms with Crippen LogP contribution in [0.4, 0.5) is 0 Å². The fraction of sp³-hybridized carbons (Fsp3) is 0.364. The van der Waals surface area contributed by atoms with Gasteiger partial charge in [-0.15, -0.1) is 0 Å². The lowest BCUT2D eigenvalue weighted by Crippen LogP contribution is -2.14. The monoisotopic (exact) mass is 360 g/mol. The Kier molecular flexibility index (Phi) is 5.08. The molecule has 0 aliphatic carbocycles.